The topological polar surface area (TPSA) is 39.1 Å². The predicted molar refractivity (Wildman–Crippen MR) is 93.6 cm³/mol. The number of benzene rings is 2. The van der Waals surface area contributed by atoms with E-state index in [0.29, 0.717) is 11.7 Å². The smallest absolute Gasteiger partial charge is 0.141 e. The van der Waals surface area contributed by atoms with Gasteiger partial charge in [-0.15, -0.1) is 0 Å². The average Bonchev–Trinajstić information content (AvgIpc) is 2.88. The van der Waals surface area contributed by atoms with Gasteiger partial charge in [0, 0.05) is 12.1 Å². The Balaban J connectivity index is 1.85. The molecule has 0 bridgehead atoms. The molecule has 0 spiro atoms. The van der Waals surface area contributed by atoms with Crippen LogP contribution >= 0.6 is 11.6 Å². The maximum atomic E-state index is 6.53. The number of nitrogens with one attached hydrogen (secondary N) is 1. The molecule has 0 atom stereocenters. The van der Waals surface area contributed by atoms with Crippen LogP contribution in [-0.2, 0) is 6.54 Å². The van der Waals surface area contributed by atoms with Crippen molar-refractivity contribution in [2.45, 2.75) is 13.5 Å². The summed E-state index contributed by atoms with van der Waals surface area (Å²) in [5.74, 6) is 0.803. The van der Waals surface area contributed by atoms with Crippen LogP contribution < -0.4 is 10.1 Å². The largest absolute Gasteiger partial charge is 0.495 e. The van der Waals surface area contributed by atoms with Gasteiger partial charge in [-0.3, -0.25) is 0 Å². The quantitative estimate of drug-likeness (QED) is 0.752. The van der Waals surface area contributed by atoms with E-state index in [4.69, 9.17) is 16.3 Å². The second-order valence-electron chi connectivity index (χ2n) is 5.16. The zero-order chi connectivity index (χ0) is 16.2. The SMILES string of the molecule is COc1ccccc1NCc1c(C)nn(-c2ccccc2)c1Cl. The van der Waals surface area contributed by atoms with E-state index in [9.17, 15) is 0 Å². The van der Waals surface area contributed by atoms with Gasteiger partial charge in [0.25, 0.3) is 0 Å². The molecule has 3 aromatic rings. The number of aromatic nitrogens is 2. The van der Waals surface area contributed by atoms with Crippen LogP contribution in [0.15, 0.2) is 54.6 Å². The molecule has 1 N–H and O–H groups in total. The summed E-state index contributed by atoms with van der Waals surface area (Å²) in [5, 5.41) is 8.53. The number of methoxy groups -OCH3 is 1. The van der Waals surface area contributed by atoms with Gasteiger partial charge in [-0.2, -0.15) is 5.10 Å². The summed E-state index contributed by atoms with van der Waals surface area (Å²) in [6.45, 7) is 2.54. The second-order valence-corrected chi connectivity index (χ2v) is 5.51. The zero-order valence-corrected chi connectivity index (χ0v) is 13.8. The molecule has 2 aromatic carbocycles. The van der Waals surface area contributed by atoms with Crippen LogP contribution in [0.3, 0.4) is 0 Å². The molecule has 0 saturated carbocycles. The lowest BCUT2D eigenvalue weighted by Crippen LogP contribution is -2.02. The molecule has 0 aliphatic rings. The molecule has 5 heteroatoms. The molecule has 0 aliphatic heterocycles. The highest BCUT2D eigenvalue weighted by atomic mass is 35.5. The minimum absolute atomic E-state index is 0.581. The lowest BCUT2D eigenvalue weighted by atomic mass is 10.2. The fourth-order valence-electron chi connectivity index (χ4n) is 2.45. The highest BCUT2D eigenvalue weighted by Crippen LogP contribution is 2.27. The number of rotatable bonds is 5. The first-order valence-corrected chi connectivity index (χ1v) is 7.75. The first-order chi connectivity index (χ1) is 11.2. The number of halogens is 1. The minimum atomic E-state index is 0.581. The number of anilines is 1. The molecule has 0 saturated heterocycles. The van der Waals surface area contributed by atoms with Gasteiger partial charge in [0.05, 0.1) is 24.2 Å². The zero-order valence-electron chi connectivity index (χ0n) is 13.1. The number of ether oxygens (including phenoxy) is 1. The van der Waals surface area contributed by atoms with Crippen LogP contribution in [0.4, 0.5) is 5.69 Å². The van der Waals surface area contributed by atoms with Crippen LogP contribution in [-0.4, -0.2) is 16.9 Å². The summed E-state index contributed by atoms with van der Waals surface area (Å²) in [7, 11) is 1.66. The van der Waals surface area contributed by atoms with Crippen molar-refractivity contribution in [1.82, 2.24) is 9.78 Å². The van der Waals surface area contributed by atoms with Crippen LogP contribution in [0, 0.1) is 6.92 Å². The molecule has 0 amide bonds. The van der Waals surface area contributed by atoms with Gasteiger partial charge in [0.2, 0.25) is 0 Å². The first kappa shape index (κ1) is 15.4. The molecule has 118 valence electrons. The van der Waals surface area contributed by atoms with Gasteiger partial charge in [0.1, 0.15) is 10.9 Å². The third-order valence-corrected chi connectivity index (χ3v) is 4.07. The molecule has 0 fully saturated rings. The molecule has 0 radical (unpaired) electrons. The highest BCUT2D eigenvalue weighted by molar-refractivity contribution is 6.30. The average molecular weight is 328 g/mol. The fraction of sp³-hybridized carbons (Fsp3) is 0.167. The Kier molecular flexibility index (Phi) is 4.53. The Morgan fingerprint density at radius 2 is 1.78 bits per heavy atom. The summed E-state index contributed by atoms with van der Waals surface area (Å²) in [4.78, 5) is 0. The van der Waals surface area contributed by atoms with Gasteiger partial charge in [-0.25, -0.2) is 4.68 Å². The Morgan fingerprint density at radius 1 is 1.09 bits per heavy atom. The molecule has 1 heterocycles. The molecule has 0 aliphatic carbocycles. The fourth-order valence-corrected chi connectivity index (χ4v) is 2.79. The van der Waals surface area contributed by atoms with E-state index in [1.807, 2.05) is 61.5 Å². The third kappa shape index (κ3) is 3.17. The van der Waals surface area contributed by atoms with Crippen molar-refractivity contribution in [3.8, 4) is 11.4 Å². The number of hydrogen-bond donors (Lipinski definition) is 1. The maximum absolute atomic E-state index is 6.53. The van der Waals surface area contributed by atoms with Gasteiger partial charge in [-0.05, 0) is 31.2 Å². The summed E-state index contributed by atoms with van der Waals surface area (Å²) < 4.78 is 7.11. The molecular weight excluding hydrogens is 310 g/mol. The summed E-state index contributed by atoms with van der Waals surface area (Å²) in [6, 6.07) is 17.7. The Labute approximate surface area is 140 Å². The number of aryl methyl sites for hydroxylation is 1. The van der Waals surface area contributed by atoms with E-state index in [1.165, 1.54) is 0 Å². The standard InChI is InChI=1S/C18H18ClN3O/c1-13-15(12-20-16-10-6-7-11-17(16)23-2)18(19)22(21-13)14-8-4-3-5-9-14/h3-11,20H,12H2,1-2H3. The second kappa shape index (κ2) is 6.75. The Bertz CT molecular complexity index is 799. The lowest BCUT2D eigenvalue weighted by Gasteiger charge is -2.10. The monoisotopic (exact) mass is 327 g/mol. The number of hydrogen-bond acceptors (Lipinski definition) is 3. The van der Waals surface area contributed by atoms with Crippen LogP contribution in [0.5, 0.6) is 5.75 Å². The van der Waals surface area contributed by atoms with Crippen molar-refractivity contribution in [2.75, 3.05) is 12.4 Å². The number of nitrogens with zero attached hydrogens (tertiary/aromatic N) is 2. The summed E-state index contributed by atoms with van der Waals surface area (Å²) in [6.07, 6.45) is 0. The minimum Gasteiger partial charge on any atom is -0.495 e. The van der Waals surface area contributed by atoms with Crippen molar-refractivity contribution in [3.63, 3.8) is 0 Å². The summed E-state index contributed by atoms with van der Waals surface area (Å²) in [5.41, 5.74) is 3.75. The molecule has 3 rings (SSSR count). The van der Waals surface area contributed by atoms with Crippen LogP contribution in [0.2, 0.25) is 5.15 Å². The maximum Gasteiger partial charge on any atom is 0.141 e. The van der Waals surface area contributed by atoms with Crippen LogP contribution in [0.25, 0.3) is 5.69 Å². The van der Waals surface area contributed by atoms with E-state index in [0.717, 1.165) is 28.4 Å². The van der Waals surface area contributed by atoms with E-state index < -0.39 is 0 Å². The van der Waals surface area contributed by atoms with Gasteiger partial charge in [0.15, 0.2) is 0 Å². The van der Waals surface area contributed by atoms with Crippen LogP contribution in [0.1, 0.15) is 11.3 Å². The molecule has 1 aromatic heterocycles. The highest BCUT2D eigenvalue weighted by Gasteiger charge is 2.14. The van der Waals surface area contributed by atoms with Gasteiger partial charge in [-0.1, -0.05) is 41.9 Å². The van der Waals surface area contributed by atoms with Crippen molar-refractivity contribution in [1.29, 1.82) is 0 Å². The first-order valence-electron chi connectivity index (χ1n) is 7.37. The van der Waals surface area contributed by atoms with E-state index in [-0.39, 0.29) is 0 Å². The van der Waals surface area contributed by atoms with E-state index in [1.54, 1.807) is 11.8 Å². The molecule has 0 unspecified atom stereocenters. The Morgan fingerprint density at radius 3 is 2.52 bits per heavy atom. The number of para-hydroxylation sites is 3. The van der Waals surface area contributed by atoms with Crippen molar-refractivity contribution in [3.05, 3.63) is 71.0 Å². The summed E-state index contributed by atoms with van der Waals surface area (Å²) >= 11 is 6.53. The van der Waals surface area contributed by atoms with E-state index >= 15 is 0 Å². The lowest BCUT2D eigenvalue weighted by molar-refractivity contribution is 0.416. The normalized spacial score (nSPS) is 10.6. The molecule has 4 nitrogen and oxygen atoms in total. The predicted octanol–water partition coefficient (Wildman–Crippen LogP) is 4.45. The van der Waals surface area contributed by atoms with E-state index in [2.05, 4.69) is 10.4 Å². The van der Waals surface area contributed by atoms with Crippen molar-refractivity contribution >= 4 is 17.3 Å². The van der Waals surface area contributed by atoms with Crippen molar-refractivity contribution in [2.24, 2.45) is 0 Å². The van der Waals surface area contributed by atoms with Gasteiger partial charge < -0.3 is 10.1 Å². The Hall–Kier alpha value is -2.46. The molecule has 23 heavy (non-hydrogen) atoms. The van der Waals surface area contributed by atoms with Crippen molar-refractivity contribution < 1.29 is 4.74 Å². The molecular formula is C18H18ClN3O. The third-order valence-electron chi connectivity index (χ3n) is 3.69. The van der Waals surface area contributed by atoms with Gasteiger partial charge >= 0.3 is 0 Å².